The summed E-state index contributed by atoms with van der Waals surface area (Å²) in [6.45, 7) is 0.692. The number of nitrogens with one attached hydrogen (secondary N) is 1. The van der Waals surface area contributed by atoms with Gasteiger partial charge in [-0.15, -0.1) is 0 Å². The second-order valence-corrected chi connectivity index (χ2v) is 8.15. The minimum absolute atomic E-state index is 0.0461. The minimum Gasteiger partial charge on any atom is -0.493 e. The van der Waals surface area contributed by atoms with E-state index in [1.807, 2.05) is 24.3 Å². The summed E-state index contributed by atoms with van der Waals surface area (Å²) in [6, 6.07) is 7.68. The molecule has 0 aliphatic carbocycles. The molecule has 9 heteroatoms. The maximum absolute atomic E-state index is 12.6. The molecule has 1 aromatic carbocycles. The Labute approximate surface area is 151 Å². The molecule has 2 aromatic rings. The summed E-state index contributed by atoms with van der Waals surface area (Å²) in [6.07, 6.45) is 2.44. The minimum atomic E-state index is -4.03. The van der Waals surface area contributed by atoms with Gasteiger partial charge in [0.25, 0.3) is 5.56 Å². The predicted octanol–water partition coefficient (Wildman–Crippen LogP) is 0.00370. The molecule has 140 valence electrons. The molecule has 3 rings (SSSR count). The fourth-order valence-electron chi connectivity index (χ4n) is 3.00. The molecule has 1 aromatic heterocycles. The van der Waals surface area contributed by atoms with E-state index in [0.29, 0.717) is 19.4 Å². The van der Waals surface area contributed by atoms with E-state index in [4.69, 9.17) is 4.74 Å². The van der Waals surface area contributed by atoms with Crippen LogP contribution in [0, 0.1) is 5.92 Å². The molecule has 0 saturated heterocycles. The molecule has 1 aliphatic heterocycles. The van der Waals surface area contributed by atoms with Crippen molar-refractivity contribution in [1.29, 1.82) is 0 Å². The second-order valence-electron chi connectivity index (χ2n) is 6.42. The van der Waals surface area contributed by atoms with Crippen molar-refractivity contribution < 1.29 is 13.2 Å². The molecule has 2 heterocycles. The van der Waals surface area contributed by atoms with Crippen LogP contribution in [0.5, 0.6) is 5.75 Å². The fraction of sp³-hybridized carbons (Fsp3) is 0.412. The zero-order valence-electron chi connectivity index (χ0n) is 14.6. The Morgan fingerprint density at radius 1 is 1.23 bits per heavy atom. The maximum atomic E-state index is 12.6. The number of rotatable bonds is 4. The van der Waals surface area contributed by atoms with Crippen LogP contribution < -0.4 is 20.7 Å². The average Bonchev–Trinajstić information content (AvgIpc) is 2.83. The molecule has 1 aliphatic rings. The van der Waals surface area contributed by atoms with Crippen LogP contribution in [-0.2, 0) is 30.5 Å². The number of ether oxygens (including phenoxy) is 1. The summed E-state index contributed by atoms with van der Waals surface area (Å²) in [5.41, 5.74) is -0.381. The number of aryl methyl sites for hydroxylation is 1. The van der Waals surface area contributed by atoms with Crippen LogP contribution in [0.4, 0.5) is 0 Å². The van der Waals surface area contributed by atoms with Crippen LogP contribution in [0.25, 0.3) is 0 Å². The van der Waals surface area contributed by atoms with Gasteiger partial charge in [0.1, 0.15) is 5.75 Å². The Morgan fingerprint density at radius 3 is 2.73 bits per heavy atom. The highest BCUT2D eigenvalue weighted by atomic mass is 32.2. The van der Waals surface area contributed by atoms with Crippen molar-refractivity contribution in [3.63, 3.8) is 0 Å². The molecule has 1 N–H and O–H groups in total. The van der Waals surface area contributed by atoms with E-state index in [1.165, 1.54) is 14.1 Å². The summed E-state index contributed by atoms with van der Waals surface area (Å²) < 4.78 is 35.2. The molecule has 8 nitrogen and oxygen atoms in total. The molecule has 26 heavy (non-hydrogen) atoms. The quantitative estimate of drug-likeness (QED) is 0.806. The predicted molar refractivity (Wildman–Crippen MR) is 95.9 cm³/mol. The second kappa shape index (κ2) is 7.08. The van der Waals surface area contributed by atoms with Crippen LogP contribution in [-0.4, -0.2) is 30.7 Å². The molecule has 0 fully saturated rings. The van der Waals surface area contributed by atoms with Crippen molar-refractivity contribution in [3.8, 4) is 5.75 Å². The third-order valence-electron chi connectivity index (χ3n) is 4.53. The van der Waals surface area contributed by atoms with E-state index in [2.05, 4.69) is 4.72 Å². The lowest BCUT2D eigenvalue weighted by Gasteiger charge is -2.15. The molecule has 0 amide bonds. The van der Waals surface area contributed by atoms with Crippen LogP contribution >= 0.6 is 0 Å². The number of nitrogens with zero attached hydrogens (tertiary/aromatic N) is 2. The van der Waals surface area contributed by atoms with Crippen LogP contribution in [0.1, 0.15) is 12.0 Å². The zero-order valence-corrected chi connectivity index (χ0v) is 15.5. The summed E-state index contributed by atoms with van der Waals surface area (Å²) in [5.74, 6) is 0.870. The van der Waals surface area contributed by atoms with E-state index < -0.39 is 26.2 Å². The topological polar surface area (TPSA) is 99.4 Å². The Bertz CT molecular complexity index is 1040. The molecule has 1 atom stereocenters. The van der Waals surface area contributed by atoms with E-state index in [9.17, 15) is 18.0 Å². The van der Waals surface area contributed by atoms with Gasteiger partial charge in [-0.3, -0.25) is 9.36 Å². The normalized spacial score (nSPS) is 17.2. The average molecular weight is 379 g/mol. The Kier molecular flexibility index (Phi) is 5.01. The summed E-state index contributed by atoms with van der Waals surface area (Å²) in [5, 5.41) is 0. The number of hydrogen-bond donors (Lipinski definition) is 1. The number of para-hydroxylation sites is 1. The number of hydrogen-bond acceptors (Lipinski definition) is 5. The lowest BCUT2D eigenvalue weighted by atomic mass is 9.97. The first-order valence-electron chi connectivity index (χ1n) is 8.26. The SMILES string of the molecule is Cn1cc(S(=O)(=O)NC[C@H]2CCOc3ccccc3C2)c(=O)n(C)c1=O. The van der Waals surface area contributed by atoms with Crippen molar-refractivity contribution in [2.75, 3.05) is 13.2 Å². The summed E-state index contributed by atoms with van der Waals surface area (Å²) in [7, 11) is -1.37. The van der Waals surface area contributed by atoms with Gasteiger partial charge in [-0.05, 0) is 30.4 Å². The van der Waals surface area contributed by atoms with Crippen LogP contribution in [0.2, 0.25) is 0 Å². The lowest BCUT2D eigenvalue weighted by molar-refractivity contribution is 0.294. The molecule has 0 unspecified atom stereocenters. The van der Waals surface area contributed by atoms with Gasteiger partial charge >= 0.3 is 5.69 Å². The van der Waals surface area contributed by atoms with E-state index >= 15 is 0 Å². The van der Waals surface area contributed by atoms with Gasteiger partial charge in [-0.1, -0.05) is 18.2 Å². The first kappa shape index (κ1) is 18.4. The highest BCUT2D eigenvalue weighted by Gasteiger charge is 2.24. The molecular formula is C17H21N3O5S. The van der Waals surface area contributed by atoms with Crippen molar-refractivity contribution in [3.05, 3.63) is 56.9 Å². The van der Waals surface area contributed by atoms with Gasteiger partial charge in [0.05, 0.1) is 6.61 Å². The molecule has 0 bridgehead atoms. The number of aromatic nitrogens is 2. The van der Waals surface area contributed by atoms with Crippen molar-refractivity contribution >= 4 is 10.0 Å². The Balaban J connectivity index is 1.79. The van der Waals surface area contributed by atoms with Gasteiger partial charge in [-0.2, -0.15) is 0 Å². The van der Waals surface area contributed by atoms with Gasteiger partial charge in [0, 0.05) is 26.8 Å². The van der Waals surface area contributed by atoms with Crippen molar-refractivity contribution in [2.24, 2.45) is 20.0 Å². The summed E-state index contributed by atoms with van der Waals surface area (Å²) in [4.78, 5) is 23.5. The lowest BCUT2D eigenvalue weighted by Crippen LogP contribution is -2.42. The van der Waals surface area contributed by atoms with Crippen LogP contribution in [0.3, 0.4) is 0 Å². The number of benzene rings is 1. The molecule has 0 spiro atoms. The zero-order chi connectivity index (χ0) is 18.9. The highest BCUT2D eigenvalue weighted by molar-refractivity contribution is 7.89. The standard InChI is InChI=1S/C17H21N3O5S/c1-19-11-15(16(21)20(2)17(19)22)26(23,24)18-10-12-7-8-25-14-6-4-3-5-13(14)9-12/h3-6,11-12,18H,7-10H2,1-2H3/t12-/m0/s1. The first-order valence-corrected chi connectivity index (χ1v) is 9.75. The van der Waals surface area contributed by atoms with Gasteiger partial charge in [-0.25, -0.2) is 17.9 Å². The molecule has 0 radical (unpaired) electrons. The third-order valence-corrected chi connectivity index (χ3v) is 5.94. The highest BCUT2D eigenvalue weighted by Crippen LogP contribution is 2.26. The molecular weight excluding hydrogens is 358 g/mol. The fourth-order valence-corrected chi connectivity index (χ4v) is 4.28. The van der Waals surface area contributed by atoms with E-state index in [-0.39, 0.29) is 12.5 Å². The van der Waals surface area contributed by atoms with E-state index in [0.717, 1.165) is 26.6 Å². The van der Waals surface area contributed by atoms with Gasteiger partial charge in [0.2, 0.25) is 10.0 Å². The largest absolute Gasteiger partial charge is 0.493 e. The van der Waals surface area contributed by atoms with Crippen molar-refractivity contribution in [2.45, 2.75) is 17.7 Å². The Morgan fingerprint density at radius 2 is 1.96 bits per heavy atom. The number of fused-ring (bicyclic) bond motifs is 1. The number of sulfonamides is 1. The third kappa shape index (κ3) is 3.58. The Hall–Kier alpha value is -2.39. The van der Waals surface area contributed by atoms with Gasteiger partial charge in [0.15, 0.2) is 4.90 Å². The molecule has 0 saturated carbocycles. The van der Waals surface area contributed by atoms with E-state index in [1.54, 1.807) is 0 Å². The van der Waals surface area contributed by atoms with Crippen LogP contribution in [0.15, 0.2) is 44.9 Å². The monoisotopic (exact) mass is 379 g/mol. The van der Waals surface area contributed by atoms with Gasteiger partial charge < -0.3 is 9.30 Å². The van der Waals surface area contributed by atoms with Crippen molar-refractivity contribution in [1.82, 2.24) is 13.9 Å². The maximum Gasteiger partial charge on any atom is 0.330 e. The first-order chi connectivity index (χ1) is 12.3. The summed E-state index contributed by atoms with van der Waals surface area (Å²) >= 11 is 0. The smallest absolute Gasteiger partial charge is 0.330 e.